The summed E-state index contributed by atoms with van der Waals surface area (Å²) in [6, 6.07) is 8.14. The Kier molecular flexibility index (Phi) is 4.22. The lowest BCUT2D eigenvalue weighted by Crippen LogP contribution is -2.23. The summed E-state index contributed by atoms with van der Waals surface area (Å²) in [4.78, 5) is 21.1. The van der Waals surface area contributed by atoms with E-state index in [9.17, 15) is 9.18 Å². The summed E-state index contributed by atoms with van der Waals surface area (Å²) in [5.74, 6) is 1.40. The average Bonchev–Trinajstić information content (AvgIpc) is 3.01. The Morgan fingerprint density at radius 2 is 2.19 bits per heavy atom. The van der Waals surface area contributed by atoms with Gasteiger partial charge in [-0.05, 0) is 25.1 Å². The zero-order valence-electron chi connectivity index (χ0n) is 15.4. The van der Waals surface area contributed by atoms with Gasteiger partial charge in [-0.3, -0.25) is 4.79 Å². The number of imidazole rings is 1. The van der Waals surface area contributed by atoms with Gasteiger partial charge in [0.25, 0.3) is 0 Å². The van der Waals surface area contributed by atoms with Crippen molar-refractivity contribution in [3.63, 3.8) is 0 Å². The number of benzene rings is 2. The Balaban J connectivity index is 1.77. The SMILES string of the molecule is CC(=O)N(C)c1cc(OC2CCOc3cc(F)ccc32)c2nc(C)[nH]c2c1. The number of carbonyl (C=O) groups is 1. The number of carbonyl (C=O) groups excluding carboxylic acids is 1. The number of amides is 1. The summed E-state index contributed by atoms with van der Waals surface area (Å²) >= 11 is 0. The van der Waals surface area contributed by atoms with Gasteiger partial charge in [0, 0.05) is 43.8 Å². The molecule has 1 amide bonds. The normalized spacial score (nSPS) is 15.9. The van der Waals surface area contributed by atoms with Gasteiger partial charge in [-0.2, -0.15) is 0 Å². The van der Waals surface area contributed by atoms with Crippen LogP contribution in [0.3, 0.4) is 0 Å². The van der Waals surface area contributed by atoms with E-state index in [1.807, 2.05) is 19.1 Å². The molecule has 6 nitrogen and oxygen atoms in total. The fourth-order valence-corrected chi connectivity index (χ4v) is 3.27. The van der Waals surface area contributed by atoms with E-state index in [0.717, 1.165) is 16.9 Å². The van der Waals surface area contributed by atoms with Crippen molar-refractivity contribution in [2.24, 2.45) is 0 Å². The molecule has 27 heavy (non-hydrogen) atoms. The van der Waals surface area contributed by atoms with Gasteiger partial charge in [0.2, 0.25) is 5.91 Å². The Hall–Kier alpha value is -3.09. The molecule has 1 aromatic heterocycles. The first-order valence-electron chi connectivity index (χ1n) is 8.76. The first-order chi connectivity index (χ1) is 12.9. The fraction of sp³-hybridized carbons (Fsp3) is 0.300. The quantitative estimate of drug-likeness (QED) is 0.760. The number of fused-ring (bicyclic) bond motifs is 2. The molecule has 0 saturated heterocycles. The number of hydrogen-bond donors (Lipinski definition) is 1. The largest absolute Gasteiger partial charge is 0.493 e. The van der Waals surface area contributed by atoms with E-state index in [1.165, 1.54) is 19.1 Å². The van der Waals surface area contributed by atoms with Crippen LogP contribution in [0.1, 0.15) is 30.8 Å². The van der Waals surface area contributed by atoms with Crippen LogP contribution >= 0.6 is 0 Å². The van der Waals surface area contributed by atoms with E-state index in [0.29, 0.717) is 35.7 Å². The molecule has 140 valence electrons. The molecule has 3 aromatic rings. The number of halogens is 1. The van der Waals surface area contributed by atoms with Gasteiger partial charge in [-0.25, -0.2) is 9.37 Å². The lowest BCUT2D eigenvalue weighted by Gasteiger charge is -2.27. The summed E-state index contributed by atoms with van der Waals surface area (Å²) in [6.07, 6.45) is 0.350. The van der Waals surface area contributed by atoms with Gasteiger partial charge >= 0.3 is 0 Å². The Bertz CT molecular complexity index is 1030. The van der Waals surface area contributed by atoms with Gasteiger partial charge in [0.1, 0.15) is 34.8 Å². The van der Waals surface area contributed by atoms with E-state index < -0.39 is 0 Å². The molecule has 0 bridgehead atoms. The molecule has 7 heteroatoms. The molecule has 4 rings (SSSR count). The topological polar surface area (TPSA) is 67.5 Å². The van der Waals surface area contributed by atoms with E-state index in [1.54, 1.807) is 18.0 Å². The summed E-state index contributed by atoms with van der Waals surface area (Å²) < 4.78 is 25.4. The molecule has 0 radical (unpaired) electrons. The van der Waals surface area contributed by atoms with E-state index in [2.05, 4.69) is 9.97 Å². The second-order valence-electron chi connectivity index (χ2n) is 6.67. The molecule has 1 aliphatic heterocycles. The number of ether oxygens (including phenoxy) is 2. The number of aromatic nitrogens is 2. The van der Waals surface area contributed by atoms with Crippen LogP contribution in [-0.2, 0) is 4.79 Å². The second-order valence-corrected chi connectivity index (χ2v) is 6.67. The van der Waals surface area contributed by atoms with Crippen molar-refractivity contribution in [3.8, 4) is 11.5 Å². The lowest BCUT2D eigenvalue weighted by molar-refractivity contribution is -0.116. The minimum atomic E-state index is -0.343. The number of aryl methyl sites for hydroxylation is 1. The van der Waals surface area contributed by atoms with Crippen molar-refractivity contribution < 1.29 is 18.7 Å². The molecule has 1 aliphatic rings. The number of H-pyrrole nitrogens is 1. The number of rotatable bonds is 3. The molecule has 2 aromatic carbocycles. The smallest absolute Gasteiger partial charge is 0.223 e. The second kappa shape index (κ2) is 6.57. The lowest BCUT2D eigenvalue weighted by atomic mass is 10.0. The Morgan fingerprint density at radius 3 is 2.96 bits per heavy atom. The van der Waals surface area contributed by atoms with Gasteiger partial charge in [0.15, 0.2) is 0 Å². The number of aromatic amines is 1. The van der Waals surface area contributed by atoms with E-state index >= 15 is 0 Å². The van der Waals surface area contributed by atoms with Crippen LogP contribution in [0.25, 0.3) is 11.0 Å². The van der Waals surface area contributed by atoms with Crippen LogP contribution in [0, 0.1) is 12.7 Å². The summed E-state index contributed by atoms with van der Waals surface area (Å²) in [7, 11) is 1.71. The summed E-state index contributed by atoms with van der Waals surface area (Å²) in [6.45, 7) is 3.81. The molecule has 0 saturated carbocycles. The molecule has 0 spiro atoms. The summed E-state index contributed by atoms with van der Waals surface area (Å²) in [5.41, 5.74) is 3.00. The highest BCUT2D eigenvalue weighted by atomic mass is 19.1. The number of anilines is 1. The number of hydrogen-bond acceptors (Lipinski definition) is 4. The maximum absolute atomic E-state index is 13.5. The van der Waals surface area contributed by atoms with Crippen LogP contribution < -0.4 is 14.4 Å². The minimum Gasteiger partial charge on any atom is -0.493 e. The van der Waals surface area contributed by atoms with Gasteiger partial charge in [-0.15, -0.1) is 0 Å². The van der Waals surface area contributed by atoms with Crippen molar-refractivity contribution >= 4 is 22.6 Å². The Labute approximate surface area is 155 Å². The molecule has 0 aliphatic carbocycles. The monoisotopic (exact) mass is 369 g/mol. The third-order valence-electron chi connectivity index (χ3n) is 4.74. The van der Waals surface area contributed by atoms with Crippen molar-refractivity contribution in [3.05, 3.63) is 47.5 Å². The molecule has 1 atom stereocenters. The Morgan fingerprint density at radius 1 is 1.37 bits per heavy atom. The van der Waals surface area contributed by atoms with Gasteiger partial charge < -0.3 is 19.4 Å². The highest BCUT2D eigenvalue weighted by molar-refractivity contribution is 5.95. The van der Waals surface area contributed by atoms with Gasteiger partial charge in [-0.1, -0.05) is 0 Å². The summed E-state index contributed by atoms with van der Waals surface area (Å²) in [5, 5.41) is 0. The highest BCUT2D eigenvalue weighted by Crippen LogP contribution is 2.39. The van der Waals surface area contributed by atoms with Crippen LogP contribution in [0.2, 0.25) is 0 Å². The number of nitrogens with zero attached hydrogens (tertiary/aromatic N) is 2. The molecular formula is C20H20FN3O3. The maximum Gasteiger partial charge on any atom is 0.223 e. The van der Waals surface area contributed by atoms with Crippen molar-refractivity contribution in [1.29, 1.82) is 0 Å². The zero-order chi connectivity index (χ0) is 19.1. The molecule has 0 fully saturated rings. The fourth-order valence-electron chi connectivity index (χ4n) is 3.27. The standard InChI is InChI=1S/C20H20FN3O3/c1-11-22-16-9-14(24(3)12(2)25)10-19(20(16)23-11)27-17-6-7-26-18-8-13(21)4-5-15(17)18/h4-5,8-10,17H,6-7H2,1-3H3,(H,22,23). The van der Waals surface area contributed by atoms with Crippen molar-refractivity contribution in [2.75, 3.05) is 18.6 Å². The average molecular weight is 369 g/mol. The first-order valence-corrected chi connectivity index (χ1v) is 8.76. The van der Waals surface area contributed by atoms with Crippen LogP contribution in [0.4, 0.5) is 10.1 Å². The minimum absolute atomic E-state index is 0.0802. The third-order valence-corrected chi connectivity index (χ3v) is 4.74. The molecule has 1 unspecified atom stereocenters. The first kappa shape index (κ1) is 17.3. The van der Waals surface area contributed by atoms with E-state index in [-0.39, 0.29) is 17.8 Å². The maximum atomic E-state index is 13.5. The predicted octanol–water partition coefficient (Wildman–Crippen LogP) is 3.90. The van der Waals surface area contributed by atoms with Crippen molar-refractivity contribution in [2.45, 2.75) is 26.4 Å². The van der Waals surface area contributed by atoms with Crippen LogP contribution in [0.5, 0.6) is 11.5 Å². The van der Waals surface area contributed by atoms with E-state index in [4.69, 9.17) is 9.47 Å². The molecule has 1 N–H and O–H groups in total. The zero-order valence-corrected chi connectivity index (χ0v) is 15.4. The van der Waals surface area contributed by atoms with Crippen LogP contribution in [0.15, 0.2) is 30.3 Å². The van der Waals surface area contributed by atoms with Gasteiger partial charge in [0.05, 0.1) is 12.1 Å². The van der Waals surface area contributed by atoms with Crippen LogP contribution in [-0.4, -0.2) is 29.5 Å². The highest BCUT2D eigenvalue weighted by Gasteiger charge is 2.25. The van der Waals surface area contributed by atoms with Crippen molar-refractivity contribution in [1.82, 2.24) is 9.97 Å². The number of nitrogens with one attached hydrogen (secondary N) is 1. The predicted molar refractivity (Wildman–Crippen MR) is 99.8 cm³/mol. The molecular weight excluding hydrogens is 349 g/mol. The molecule has 2 heterocycles. The third kappa shape index (κ3) is 3.20.